The van der Waals surface area contributed by atoms with Gasteiger partial charge in [0.1, 0.15) is 16.4 Å². The fourth-order valence-corrected chi connectivity index (χ4v) is 7.03. The minimum atomic E-state index is -4.93. The first kappa shape index (κ1) is 30.4. The second-order valence-corrected chi connectivity index (χ2v) is 12.5. The highest BCUT2D eigenvalue weighted by Gasteiger charge is 2.36. The number of amides is 1. The molecule has 0 unspecified atom stereocenters. The van der Waals surface area contributed by atoms with Crippen molar-refractivity contribution in [2.45, 2.75) is 56.3 Å². The summed E-state index contributed by atoms with van der Waals surface area (Å²) in [7, 11) is -1.82. The molecular formula is C27H28F3N3O6S2. The Kier molecular flexibility index (Phi) is 9.32. The lowest BCUT2D eigenvalue weighted by Gasteiger charge is -2.13. The molecule has 0 bridgehead atoms. The number of thiophene rings is 1. The van der Waals surface area contributed by atoms with E-state index < -0.39 is 44.5 Å². The molecule has 0 saturated heterocycles. The highest BCUT2D eigenvalue weighted by molar-refractivity contribution is 7.91. The van der Waals surface area contributed by atoms with Gasteiger partial charge in [-0.05, 0) is 55.9 Å². The number of ether oxygens (including phenoxy) is 2. The van der Waals surface area contributed by atoms with Crippen LogP contribution in [0.15, 0.2) is 35.5 Å². The van der Waals surface area contributed by atoms with Gasteiger partial charge in [0.05, 0.1) is 31.2 Å². The summed E-state index contributed by atoms with van der Waals surface area (Å²) in [6.45, 7) is 0. The number of rotatable bonds is 9. The van der Waals surface area contributed by atoms with Crippen molar-refractivity contribution in [2.24, 2.45) is 0 Å². The lowest BCUT2D eigenvalue weighted by Crippen LogP contribution is -2.19. The molecule has 1 aliphatic carbocycles. The SMILES string of the molecule is COC(=O)c1c(NC(=O)CCCS(=O)(=O)c2nc(-c3ccccc3OC)cc(C(F)(F)F)n2)sc2c1CCCCC2. The largest absolute Gasteiger partial charge is 0.496 e. The normalized spacial score (nSPS) is 13.7. The summed E-state index contributed by atoms with van der Waals surface area (Å²) in [5, 5.41) is 2.04. The summed E-state index contributed by atoms with van der Waals surface area (Å²) >= 11 is 1.30. The van der Waals surface area contributed by atoms with Gasteiger partial charge in [-0.3, -0.25) is 4.79 Å². The lowest BCUT2D eigenvalue weighted by atomic mass is 10.1. The molecule has 14 heteroatoms. The number of fused-ring (bicyclic) bond motifs is 1. The predicted octanol–water partition coefficient (Wildman–Crippen LogP) is 5.48. The van der Waals surface area contributed by atoms with Crippen LogP contribution in [0.4, 0.5) is 18.2 Å². The molecule has 2 aromatic heterocycles. The van der Waals surface area contributed by atoms with Gasteiger partial charge in [0.2, 0.25) is 20.9 Å². The molecule has 0 radical (unpaired) electrons. The molecule has 0 saturated carbocycles. The molecule has 9 nitrogen and oxygen atoms in total. The number of nitrogens with zero attached hydrogens (tertiary/aromatic N) is 2. The molecule has 0 fully saturated rings. The Hall–Kier alpha value is -3.52. The highest BCUT2D eigenvalue weighted by Crippen LogP contribution is 2.38. The molecule has 2 heterocycles. The minimum absolute atomic E-state index is 0.162. The van der Waals surface area contributed by atoms with Crippen LogP contribution in [0, 0.1) is 0 Å². The van der Waals surface area contributed by atoms with E-state index in [1.165, 1.54) is 37.7 Å². The minimum Gasteiger partial charge on any atom is -0.496 e. The molecule has 1 aromatic carbocycles. The Bertz CT molecular complexity index is 1550. The number of aryl methyl sites for hydroxylation is 1. The summed E-state index contributed by atoms with van der Waals surface area (Å²) in [6.07, 6.45) is -1.01. The lowest BCUT2D eigenvalue weighted by molar-refractivity contribution is -0.141. The highest BCUT2D eigenvalue weighted by atomic mass is 32.2. The maximum Gasteiger partial charge on any atom is 0.433 e. The van der Waals surface area contributed by atoms with Crippen LogP contribution in [0.25, 0.3) is 11.3 Å². The number of benzene rings is 1. The fourth-order valence-electron chi connectivity index (χ4n) is 4.56. The number of sulfone groups is 1. The zero-order valence-electron chi connectivity index (χ0n) is 22.3. The number of esters is 1. The van der Waals surface area contributed by atoms with Gasteiger partial charge in [-0.2, -0.15) is 13.2 Å². The van der Waals surface area contributed by atoms with Crippen molar-refractivity contribution in [2.75, 3.05) is 25.3 Å². The Morgan fingerprint density at radius 3 is 2.51 bits per heavy atom. The molecule has 3 aromatic rings. The van der Waals surface area contributed by atoms with Crippen LogP contribution >= 0.6 is 11.3 Å². The molecule has 1 amide bonds. The molecule has 220 valence electrons. The van der Waals surface area contributed by atoms with Crippen LogP contribution in [-0.4, -0.2) is 50.2 Å². The van der Waals surface area contributed by atoms with Gasteiger partial charge in [0.15, 0.2) is 0 Å². The number of methoxy groups -OCH3 is 2. The standard InChI is InChI=1S/C27H28F3N3O6S2/c1-38-19-11-7-6-9-16(19)18-15-21(27(28,29)30)32-26(31-18)41(36,37)14-8-13-22(34)33-24-23(25(35)39-2)17-10-4-3-5-12-20(17)40-24/h6-7,9,11,15H,3-5,8,10,12-14H2,1-2H3,(H,33,34). The second-order valence-electron chi connectivity index (χ2n) is 9.35. The molecule has 1 aliphatic rings. The summed E-state index contributed by atoms with van der Waals surface area (Å²) in [5.74, 6) is -1.56. The van der Waals surface area contributed by atoms with Crippen molar-refractivity contribution in [1.82, 2.24) is 9.97 Å². The monoisotopic (exact) mass is 611 g/mol. The van der Waals surface area contributed by atoms with Crippen molar-refractivity contribution in [3.8, 4) is 17.0 Å². The number of para-hydroxylation sites is 1. The van der Waals surface area contributed by atoms with E-state index in [0.29, 0.717) is 23.1 Å². The van der Waals surface area contributed by atoms with Crippen LogP contribution in [0.1, 0.15) is 58.6 Å². The first-order valence-electron chi connectivity index (χ1n) is 12.8. The zero-order chi connectivity index (χ0) is 29.8. The van der Waals surface area contributed by atoms with Crippen LogP contribution in [0.5, 0.6) is 5.75 Å². The van der Waals surface area contributed by atoms with Crippen molar-refractivity contribution in [3.05, 3.63) is 52.0 Å². The summed E-state index contributed by atoms with van der Waals surface area (Å²) < 4.78 is 77.0. The van der Waals surface area contributed by atoms with Crippen molar-refractivity contribution in [1.29, 1.82) is 0 Å². The number of hydrogen-bond acceptors (Lipinski definition) is 9. The quantitative estimate of drug-likeness (QED) is 0.192. The first-order chi connectivity index (χ1) is 19.4. The van der Waals surface area contributed by atoms with Crippen molar-refractivity contribution in [3.63, 3.8) is 0 Å². The summed E-state index contributed by atoms with van der Waals surface area (Å²) in [4.78, 5) is 33.4. The maximum absolute atomic E-state index is 13.6. The van der Waals surface area contributed by atoms with Crippen molar-refractivity contribution < 1.29 is 40.7 Å². The molecule has 41 heavy (non-hydrogen) atoms. The van der Waals surface area contributed by atoms with Crippen molar-refractivity contribution >= 4 is 38.1 Å². The smallest absolute Gasteiger partial charge is 0.433 e. The van der Waals surface area contributed by atoms with E-state index in [1.807, 2.05) is 0 Å². The topological polar surface area (TPSA) is 125 Å². The Labute approximate surface area is 239 Å². The van der Waals surface area contributed by atoms with Crippen LogP contribution < -0.4 is 10.1 Å². The van der Waals surface area contributed by atoms with E-state index in [0.717, 1.165) is 36.1 Å². The van der Waals surface area contributed by atoms with Gasteiger partial charge < -0.3 is 14.8 Å². The Morgan fingerprint density at radius 2 is 1.80 bits per heavy atom. The maximum atomic E-state index is 13.6. The third-order valence-corrected chi connectivity index (χ3v) is 9.31. The van der Waals surface area contributed by atoms with Gasteiger partial charge in [-0.1, -0.05) is 18.6 Å². The van der Waals surface area contributed by atoms with E-state index in [4.69, 9.17) is 9.47 Å². The predicted molar refractivity (Wildman–Crippen MR) is 146 cm³/mol. The van der Waals surface area contributed by atoms with Crippen LogP contribution in [-0.2, 0) is 38.4 Å². The number of anilines is 1. The molecule has 1 N–H and O–H groups in total. The van der Waals surface area contributed by atoms with Gasteiger partial charge in [-0.15, -0.1) is 11.3 Å². The molecule has 4 rings (SSSR count). The average molecular weight is 612 g/mol. The average Bonchev–Trinajstić information content (AvgIpc) is 3.11. The number of nitrogens with one attached hydrogen (secondary N) is 1. The van der Waals surface area contributed by atoms with Gasteiger partial charge in [0, 0.05) is 16.9 Å². The van der Waals surface area contributed by atoms with Gasteiger partial charge in [-0.25, -0.2) is 23.2 Å². The number of hydrogen-bond donors (Lipinski definition) is 1. The van der Waals surface area contributed by atoms with Crippen LogP contribution in [0.2, 0.25) is 0 Å². The third kappa shape index (κ3) is 7.04. The van der Waals surface area contributed by atoms with Crippen LogP contribution in [0.3, 0.4) is 0 Å². The molecular weight excluding hydrogens is 583 g/mol. The number of aromatic nitrogens is 2. The van der Waals surface area contributed by atoms with E-state index >= 15 is 0 Å². The first-order valence-corrected chi connectivity index (χ1v) is 15.3. The fraction of sp³-hybridized carbons (Fsp3) is 0.407. The number of alkyl halides is 3. The number of carbonyl (C=O) groups is 2. The van der Waals surface area contributed by atoms with E-state index in [-0.39, 0.29) is 29.8 Å². The number of carbonyl (C=O) groups excluding carboxylic acids is 2. The molecule has 0 atom stereocenters. The summed E-state index contributed by atoms with van der Waals surface area (Å²) in [5.41, 5.74) is -0.345. The van der Waals surface area contributed by atoms with E-state index in [9.17, 15) is 31.2 Å². The van der Waals surface area contributed by atoms with E-state index in [1.54, 1.807) is 12.1 Å². The zero-order valence-corrected chi connectivity index (χ0v) is 24.0. The second kappa shape index (κ2) is 12.6. The Balaban J connectivity index is 1.52. The summed E-state index contributed by atoms with van der Waals surface area (Å²) in [6, 6.07) is 6.78. The Morgan fingerprint density at radius 1 is 1.07 bits per heavy atom. The molecule has 0 spiro atoms. The van der Waals surface area contributed by atoms with Gasteiger partial charge in [0.25, 0.3) is 0 Å². The van der Waals surface area contributed by atoms with E-state index in [2.05, 4.69) is 15.3 Å². The third-order valence-electron chi connectivity index (χ3n) is 6.54. The van der Waals surface area contributed by atoms with Gasteiger partial charge >= 0.3 is 12.1 Å². The number of halogens is 3. The molecule has 0 aliphatic heterocycles.